The van der Waals surface area contributed by atoms with Crippen molar-refractivity contribution in [2.75, 3.05) is 6.54 Å². The summed E-state index contributed by atoms with van der Waals surface area (Å²) < 4.78 is 0. The predicted molar refractivity (Wildman–Crippen MR) is 94.1 cm³/mol. The molecule has 1 aliphatic carbocycles. The number of hydrogen-bond donors (Lipinski definition) is 1. The number of amides is 1. The summed E-state index contributed by atoms with van der Waals surface area (Å²) in [6.07, 6.45) is 4.79. The van der Waals surface area contributed by atoms with E-state index in [4.69, 9.17) is 4.98 Å². The number of carbonyl (C=O) groups is 1. The molecule has 24 heavy (non-hydrogen) atoms. The number of aromatic nitrogens is 1. The lowest BCUT2D eigenvalue weighted by atomic mass is 9.96. The van der Waals surface area contributed by atoms with Crippen LogP contribution in [-0.4, -0.2) is 39.6 Å². The fourth-order valence-corrected chi connectivity index (χ4v) is 3.83. The van der Waals surface area contributed by atoms with Crippen LogP contribution in [0.25, 0.3) is 10.9 Å². The van der Waals surface area contributed by atoms with Gasteiger partial charge in [-0.15, -0.1) is 0 Å². The van der Waals surface area contributed by atoms with Crippen LogP contribution < -0.4 is 0 Å². The third kappa shape index (κ3) is 2.80. The lowest BCUT2D eigenvalue weighted by molar-refractivity contribution is 0.0282. The molecular formula is C20H24N2O2. The SMILES string of the molecule is CC(O)C1CCCCN1C(=O)c1cc(C2CC2)nc2ccccc12. The monoisotopic (exact) mass is 324 g/mol. The number of pyridine rings is 1. The fraction of sp³-hybridized carbons (Fsp3) is 0.500. The molecule has 4 nitrogen and oxygen atoms in total. The number of benzene rings is 1. The van der Waals surface area contributed by atoms with Gasteiger partial charge in [-0.1, -0.05) is 18.2 Å². The van der Waals surface area contributed by atoms with Gasteiger partial charge in [0.1, 0.15) is 0 Å². The highest BCUT2D eigenvalue weighted by molar-refractivity contribution is 6.06. The number of likely N-dealkylation sites (tertiary alicyclic amines) is 1. The summed E-state index contributed by atoms with van der Waals surface area (Å²) in [4.78, 5) is 20.0. The zero-order chi connectivity index (χ0) is 16.7. The van der Waals surface area contributed by atoms with E-state index < -0.39 is 6.10 Å². The van der Waals surface area contributed by atoms with Gasteiger partial charge < -0.3 is 10.0 Å². The Morgan fingerprint density at radius 2 is 2.04 bits per heavy atom. The third-order valence-corrected chi connectivity index (χ3v) is 5.33. The minimum absolute atomic E-state index is 0.0427. The van der Waals surface area contributed by atoms with Gasteiger partial charge in [0.25, 0.3) is 5.91 Å². The van der Waals surface area contributed by atoms with Crippen LogP contribution in [0.2, 0.25) is 0 Å². The van der Waals surface area contributed by atoms with Gasteiger partial charge >= 0.3 is 0 Å². The van der Waals surface area contributed by atoms with E-state index in [0.717, 1.165) is 48.0 Å². The van der Waals surface area contributed by atoms with E-state index in [0.29, 0.717) is 5.92 Å². The molecule has 2 fully saturated rings. The van der Waals surface area contributed by atoms with Crippen LogP contribution in [0.5, 0.6) is 0 Å². The van der Waals surface area contributed by atoms with Gasteiger partial charge in [0, 0.05) is 23.5 Å². The minimum Gasteiger partial charge on any atom is -0.391 e. The van der Waals surface area contributed by atoms with Crippen LogP contribution in [0.4, 0.5) is 0 Å². The molecule has 0 radical (unpaired) electrons. The highest BCUT2D eigenvalue weighted by Gasteiger charge is 2.33. The van der Waals surface area contributed by atoms with Crippen molar-refractivity contribution in [3.05, 3.63) is 41.6 Å². The number of carbonyl (C=O) groups excluding carboxylic acids is 1. The molecule has 4 rings (SSSR count). The maximum Gasteiger partial charge on any atom is 0.254 e. The Kier molecular flexibility index (Phi) is 4.01. The largest absolute Gasteiger partial charge is 0.391 e. The zero-order valence-corrected chi connectivity index (χ0v) is 14.1. The molecule has 1 saturated carbocycles. The van der Waals surface area contributed by atoms with Crippen molar-refractivity contribution in [3.63, 3.8) is 0 Å². The number of hydrogen-bond acceptors (Lipinski definition) is 3. The molecule has 1 amide bonds. The van der Waals surface area contributed by atoms with Crippen molar-refractivity contribution in [2.45, 2.75) is 57.1 Å². The van der Waals surface area contributed by atoms with Crippen LogP contribution in [0, 0.1) is 0 Å². The average Bonchev–Trinajstić information content (AvgIpc) is 3.45. The molecule has 2 unspecified atom stereocenters. The molecule has 0 spiro atoms. The number of rotatable bonds is 3. The second kappa shape index (κ2) is 6.17. The standard InChI is InChI=1S/C20H24N2O2/c1-13(23)19-8-4-5-11-22(19)20(24)16-12-18(14-9-10-14)21-17-7-3-2-6-15(16)17/h2-3,6-7,12-14,19,23H,4-5,8-11H2,1H3. The molecule has 2 aromatic rings. The van der Waals surface area contributed by atoms with Gasteiger partial charge in [-0.2, -0.15) is 0 Å². The second-order valence-electron chi connectivity index (χ2n) is 7.19. The summed E-state index contributed by atoms with van der Waals surface area (Å²) in [6, 6.07) is 9.81. The smallest absolute Gasteiger partial charge is 0.254 e. The summed E-state index contributed by atoms with van der Waals surface area (Å²) in [5, 5.41) is 11.0. The van der Waals surface area contributed by atoms with Gasteiger partial charge in [0.05, 0.1) is 23.2 Å². The van der Waals surface area contributed by atoms with Gasteiger partial charge in [-0.3, -0.25) is 9.78 Å². The van der Waals surface area contributed by atoms with Crippen LogP contribution in [0.15, 0.2) is 30.3 Å². The summed E-state index contributed by atoms with van der Waals surface area (Å²) in [6.45, 7) is 2.51. The first-order valence-corrected chi connectivity index (χ1v) is 9.04. The Labute approximate surface area is 142 Å². The maximum absolute atomic E-state index is 13.3. The molecule has 2 heterocycles. The molecule has 2 atom stereocenters. The van der Waals surface area contributed by atoms with Gasteiger partial charge in [0.2, 0.25) is 0 Å². The van der Waals surface area contributed by atoms with Crippen molar-refractivity contribution < 1.29 is 9.90 Å². The molecule has 2 aliphatic rings. The first kappa shape index (κ1) is 15.6. The number of aliphatic hydroxyl groups is 1. The molecule has 1 saturated heterocycles. The molecule has 1 N–H and O–H groups in total. The lowest BCUT2D eigenvalue weighted by Gasteiger charge is -2.37. The third-order valence-electron chi connectivity index (χ3n) is 5.33. The van der Waals surface area contributed by atoms with E-state index in [1.165, 1.54) is 12.8 Å². The van der Waals surface area contributed by atoms with E-state index in [2.05, 4.69) is 0 Å². The number of aliphatic hydroxyl groups excluding tert-OH is 1. The Balaban J connectivity index is 1.78. The Hall–Kier alpha value is -1.94. The average molecular weight is 324 g/mol. The number of fused-ring (bicyclic) bond motifs is 1. The Morgan fingerprint density at radius 1 is 1.25 bits per heavy atom. The van der Waals surface area contributed by atoms with Crippen LogP contribution >= 0.6 is 0 Å². The fourth-order valence-electron chi connectivity index (χ4n) is 3.83. The highest BCUT2D eigenvalue weighted by atomic mass is 16.3. The van der Waals surface area contributed by atoms with Crippen molar-refractivity contribution in [1.82, 2.24) is 9.88 Å². The van der Waals surface area contributed by atoms with Gasteiger partial charge in [-0.05, 0) is 51.2 Å². The molecule has 126 valence electrons. The molecular weight excluding hydrogens is 300 g/mol. The van der Waals surface area contributed by atoms with E-state index >= 15 is 0 Å². The molecule has 1 aliphatic heterocycles. The summed E-state index contributed by atoms with van der Waals surface area (Å²) in [5.41, 5.74) is 2.69. The summed E-state index contributed by atoms with van der Waals surface area (Å²) in [5.74, 6) is 0.552. The predicted octanol–water partition coefficient (Wildman–Crippen LogP) is 3.49. The van der Waals surface area contributed by atoms with Crippen LogP contribution in [0.3, 0.4) is 0 Å². The molecule has 4 heteroatoms. The normalized spacial score (nSPS) is 22.6. The maximum atomic E-state index is 13.3. The van der Waals surface area contributed by atoms with Gasteiger partial charge in [-0.25, -0.2) is 0 Å². The van der Waals surface area contributed by atoms with Crippen molar-refractivity contribution >= 4 is 16.8 Å². The topological polar surface area (TPSA) is 53.4 Å². The molecule has 0 bridgehead atoms. The quantitative estimate of drug-likeness (QED) is 0.940. The van der Waals surface area contributed by atoms with E-state index in [1.54, 1.807) is 6.92 Å². The summed E-state index contributed by atoms with van der Waals surface area (Å²) in [7, 11) is 0. The molecule has 1 aromatic heterocycles. The van der Waals surface area contributed by atoms with Crippen LogP contribution in [0.1, 0.15) is 61.0 Å². The number of nitrogens with zero attached hydrogens (tertiary/aromatic N) is 2. The highest BCUT2D eigenvalue weighted by Crippen LogP contribution is 2.40. The molecule has 1 aromatic carbocycles. The van der Waals surface area contributed by atoms with E-state index in [1.807, 2.05) is 35.2 Å². The second-order valence-corrected chi connectivity index (χ2v) is 7.19. The Bertz CT molecular complexity index is 767. The minimum atomic E-state index is -0.495. The van der Waals surface area contributed by atoms with Crippen molar-refractivity contribution in [1.29, 1.82) is 0 Å². The number of piperidine rings is 1. The van der Waals surface area contributed by atoms with Crippen molar-refractivity contribution in [2.24, 2.45) is 0 Å². The first-order valence-electron chi connectivity index (χ1n) is 9.04. The number of para-hydroxylation sites is 1. The van der Waals surface area contributed by atoms with E-state index in [-0.39, 0.29) is 11.9 Å². The van der Waals surface area contributed by atoms with Crippen LogP contribution in [-0.2, 0) is 0 Å². The van der Waals surface area contributed by atoms with Crippen molar-refractivity contribution in [3.8, 4) is 0 Å². The summed E-state index contributed by atoms with van der Waals surface area (Å²) >= 11 is 0. The lowest BCUT2D eigenvalue weighted by Crippen LogP contribution is -2.49. The van der Waals surface area contributed by atoms with Gasteiger partial charge in [0.15, 0.2) is 0 Å². The zero-order valence-electron chi connectivity index (χ0n) is 14.1. The van der Waals surface area contributed by atoms with E-state index in [9.17, 15) is 9.90 Å². The Morgan fingerprint density at radius 3 is 2.79 bits per heavy atom. The first-order chi connectivity index (χ1) is 11.6.